The Hall–Kier alpha value is -2.11. The molecule has 1 aromatic rings. The van der Waals surface area contributed by atoms with E-state index >= 15 is 0 Å². The lowest BCUT2D eigenvalue weighted by Gasteiger charge is -2.23. The lowest BCUT2D eigenvalue weighted by atomic mass is 10.2. The zero-order valence-corrected chi connectivity index (χ0v) is 11.0. The molecule has 0 saturated heterocycles. The number of primary amides is 1. The normalized spacial score (nSPS) is 10.2. The van der Waals surface area contributed by atoms with Crippen molar-refractivity contribution in [1.29, 1.82) is 0 Å². The first-order valence-corrected chi connectivity index (χ1v) is 6.33. The molecule has 2 N–H and O–H groups in total. The zero-order valence-electron chi connectivity index (χ0n) is 11.0. The summed E-state index contributed by atoms with van der Waals surface area (Å²) < 4.78 is 0. The van der Waals surface area contributed by atoms with Gasteiger partial charge < -0.3 is 10.6 Å². The summed E-state index contributed by atoms with van der Waals surface area (Å²) in [6, 6.07) is 6.65. The second-order valence-corrected chi connectivity index (χ2v) is 4.30. The van der Waals surface area contributed by atoms with Gasteiger partial charge in [0, 0.05) is 25.6 Å². The van der Waals surface area contributed by atoms with Crippen LogP contribution in [0.4, 0.5) is 11.4 Å². The average molecular weight is 265 g/mol. The maximum atomic E-state index is 11.0. The monoisotopic (exact) mass is 265 g/mol. The average Bonchev–Trinajstić information content (AvgIpc) is 2.37. The lowest BCUT2D eigenvalue weighted by Crippen LogP contribution is -2.27. The Balaban J connectivity index is 2.85. The summed E-state index contributed by atoms with van der Waals surface area (Å²) >= 11 is 0. The van der Waals surface area contributed by atoms with Crippen LogP contribution in [0, 0.1) is 10.1 Å². The quantitative estimate of drug-likeness (QED) is 0.575. The molecule has 104 valence electrons. The molecule has 6 nitrogen and oxygen atoms in total. The van der Waals surface area contributed by atoms with Gasteiger partial charge in [-0.3, -0.25) is 14.9 Å². The first-order valence-electron chi connectivity index (χ1n) is 6.33. The fourth-order valence-corrected chi connectivity index (χ4v) is 1.95. The summed E-state index contributed by atoms with van der Waals surface area (Å²) in [4.78, 5) is 23.3. The number of hydrogen-bond acceptors (Lipinski definition) is 4. The number of nitro groups is 1. The molecule has 0 aliphatic heterocycles. The molecule has 6 heteroatoms. The van der Waals surface area contributed by atoms with E-state index in [9.17, 15) is 14.9 Å². The molecule has 0 fully saturated rings. The van der Waals surface area contributed by atoms with Crippen LogP contribution in [0.25, 0.3) is 0 Å². The number of carbonyl (C=O) groups is 1. The SMILES string of the molecule is CCCN(CCCC(N)=O)c1ccccc1[N+](=O)[O-]. The highest BCUT2D eigenvalue weighted by atomic mass is 16.6. The predicted octanol–water partition coefficient (Wildman–Crippen LogP) is 2.08. The van der Waals surface area contributed by atoms with Gasteiger partial charge in [0.25, 0.3) is 5.69 Å². The number of hydrogen-bond donors (Lipinski definition) is 1. The fraction of sp³-hybridized carbons (Fsp3) is 0.462. The number of anilines is 1. The summed E-state index contributed by atoms with van der Waals surface area (Å²) in [5.41, 5.74) is 5.79. The maximum Gasteiger partial charge on any atom is 0.292 e. The van der Waals surface area contributed by atoms with Gasteiger partial charge in [0.05, 0.1) is 4.92 Å². The Kier molecular flexibility index (Phi) is 5.78. The second kappa shape index (κ2) is 7.35. The highest BCUT2D eigenvalue weighted by molar-refractivity contribution is 5.73. The predicted molar refractivity (Wildman–Crippen MR) is 74.0 cm³/mol. The minimum Gasteiger partial charge on any atom is -0.370 e. The zero-order chi connectivity index (χ0) is 14.3. The number of para-hydroxylation sites is 2. The highest BCUT2D eigenvalue weighted by Crippen LogP contribution is 2.27. The van der Waals surface area contributed by atoms with Crippen LogP contribution in [-0.2, 0) is 4.79 Å². The van der Waals surface area contributed by atoms with Crippen LogP contribution >= 0.6 is 0 Å². The van der Waals surface area contributed by atoms with Gasteiger partial charge in [0.1, 0.15) is 5.69 Å². The van der Waals surface area contributed by atoms with Gasteiger partial charge in [-0.15, -0.1) is 0 Å². The Morgan fingerprint density at radius 2 is 2.05 bits per heavy atom. The van der Waals surface area contributed by atoms with Gasteiger partial charge in [-0.2, -0.15) is 0 Å². The van der Waals surface area contributed by atoms with E-state index in [-0.39, 0.29) is 16.5 Å². The molecule has 0 atom stereocenters. The van der Waals surface area contributed by atoms with E-state index < -0.39 is 0 Å². The van der Waals surface area contributed by atoms with Crippen LogP contribution in [0.1, 0.15) is 26.2 Å². The molecule has 0 unspecified atom stereocenters. The third-order valence-corrected chi connectivity index (χ3v) is 2.76. The Morgan fingerprint density at radius 3 is 2.63 bits per heavy atom. The van der Waals surface area contributed by atoms with Crippen molar-refractivity contribution in [2.45, 2.75) is 26.2 Å². The van der Waals surface area contributed by atoms with Crippen LogP contribution in [0.5, 0.6) is 0 Å². The van der Waals surface area contributed by atoms with Crippen molar-refractivity contribution in [3.05, 3.63) is 34.4 Å². The van der Waals surface area contributed by atoms with Gasteiger partial charge in [0.2, 0.25) is 5.91 Å². The molecule has 0 aromatic heterocycles. The molecule has 0 heterocycles. The molecular formula is C13H19N3O3. The van der Waals surface area contributed by atoms with Gasteiger partial charge >= 0.3 is 0 Å². The largest absolute Gasteiger partial charge is 0.370 e. The topological polar surface area (TPSA) is 89.5 Å². The number of nitrogens with zero attached hydrogens (tertiary/aromatic N) is 2. The first kappa shape index (κ1) is 14.9. The molecule has 1 rings (SSSR count). The Bertz CT molecular complexity index is 449. The third kappa shape index (κ3) is 4.57. The number of carbonyl (C=O) groups excluding carboxylic acids is 1. The maximum absolute atomic E-state index is 11.0. The Morgan fingerprint density at radius 1 is 1.37 bits per heavy atom. The molecule has 19 heavy (non-hydrogen) atoms. The number of nitrogens with two attached hydrogens (primary N) is 1. The number of benzene rings is 1. The molecule has 0 saturated carbocycles. The summed E-state index contributed by atoms with van der Waals surface area (Å²) in [7, 11) is 0. The number of amides is 1. The van der Waals surface area contributed by atoms with E-state index in [1.165, 1.54) is 6.07 Å². The number of nitro benzene ring substituents is 1. The van der Waals surface area contributed by atoms with Gasteiger partial charge in [-0.25, -0.2) is 0 Å². The molecule has 0 spiro atoms. The van der Waals surface area contributed by atoms with E-state index in [1.807, 2.05) is 11.8 Å². The fourth-order valence-electron chi connectivity index (χ4n) is 1.95. The summed E-state index contributed by atoms with van der Waals surface area (Å²) in [5, 5.41) is 11.0. The smallest absolute Gasteiger partial charge is 0.292 e. The van der Waals surface area contributed by atoms with Gasteiger partial charge in [-0.1, -0.05) is 19.1 Å². The Labute approximate surface area is 112 Å². The van der Waals surface area contributed by atoms with E-state index in [0.717, 1.165) is 6.42 Å². The number of rotatable bonds is 8. The molecule has 0 radical (unpaired) electrons. The molecule has 1 aromatic carbocycles. The minimum absolute atomic E-state index is 0.0926. The van der Waals surface area contributed by atoms with Crippen molar-refractivity contribution in [3.8, 4) is 0 Å². The van der Waals surface area contributed by atoms with E-state index in [0.29, 0.717) is 31.6 Å². The van der Waals surface area contributed by atoms with Crippen LogP contribution in [0.15, 0.2) is 24.3 Å². The third-order valence-electron chi connectivity index (χ3n) is 2.76. The van der Waals surface area contributed by atoms with Crippen LogP contribution in [0.3, 0.4) is 0 Å². The van der Waals surface area contributed by atoms with Crippen molar-refractivity contribution in [2.24, 2.45) is 5.73 Å². The summed E-state index contributed by atoms with van der Waals surface area (Å²) in [5.74, 6) is -0.348. The van der Waals surface area contributed by atoms with Crippen molar-refractivity contribution in [3.63, 3.8) is 0 Å². The van der Waals surface area contributed by atoms with Crippen molar-refractivity contribution in [2.75, 3.05) is 18.0 Å². The summed E-state index contributed by atoms with van der Waals surface area (Å²) in [6.07, 6.45) is 1.77. The molecule has 0 aliphatic carbocycles. The standard InChI is InChI=1S/C13H19N3O3/c1-2-9-15(10-5-8-13(14)17)11-6-3-4-7-12(11)16(18)19/h3-4,6-7H,2,5,8-10H2,1H3,(H2,14,17). The van der Waals surface area contributed by atoms with Crippen LogP contribution in [-0.4, -0.2) is 23.9 Å². The van der Waals surface area contributed by atoms with Gasteiger partial charge in [0.15, 0.2) is 0 Å². The first-order chi connectivity index (χ1) is 9.06. The second-order valence-electron chi connectivity index (χ2n) is 4.30. The summed E-state index contributed by atoms with van der Waals surface area (Å²) in [6.45, 7) is 3.31. The lowest BCUT2D eigenvalue weighted by molar-refractivity contribution is -0.384. The van der Waals surface area contributed by atoms with Crippen LogP contribution in [0.2, 0.25) is 0 Å². The molecule has 0 bridgehead atoms. The van der Waals surface area contributed by atoms with Crippen molar-refractivity contribution >= 4 is 17.3 Å². The molecule has 1 amide bonds. The van der Waals surface area contributed by atoms with Crippen LogP contribution < -0.4 is 10.6 Å². The van der Waals surface area contributed by atoms with E-state index in [1.54, 1.807) is 18.2 Å². The molecular weight excluding hydrogens is 246 g/mol. The van der Waals surface area contributed by atoms with Gasteiger partial charge in [-0.05, 0) is 18.9 Å². The molecule has 0 aliphatic rings. The minimum atomic E-state index is -0.383. The highest BCUT2D eigenvalue weighted by Gasteiger charge is 2.17. The van der Waals surface area contributed by atoms with E-state index in [2.05, 4.69) is 0 Å². The van der Waals surface area contributed by atoms with Crippen molar-refractivity contribution < 1.29 is 9.72 Å². The van der Waals surface area contributed by atoms with Crippen molar-refractivity contribution in [1.82, 2.24) is 0 Å². The van der Waals surface area contributed by atoms with E-state index in [4.69, 9.17) is 5.73 Å².